The van der Waals surface area contributed by atoms with E-state index in [0.29, 0.717) is 17.9 Å². The largest absolute Gasteiger partial charge is 0.423 e. The minimum atomic E-state index is -0.375. The lowest BCUT2D eigenvalue weighted by molar-refractivity contribution is 0.0734. The van der Waals surface area contributed by atoms with Crippen molar-refractivity contribution in [3.8, 4) is 5.75 Å². The van der Waals surface area contributed by atoms with Crippen molar-refractivity contribution in [2.45, 2.75) is 6.54 Å². The molecule has 2 rings (SSSR count). The third kappa shape index (κ3) is 2.92. The van der Waals surface area contributed by atoms with Gasteiger partial charge in [0.15, 0.2) is 0 Å². The summed E-state index contributed by atoms with van der Waals surface area (Å²) in [7, 11) is 0. The summed E-state index contributed by atoms with van der Waals surface area (Å²) in [5.74, 6) is 0.109. The lowest BCUT2D eigenvalue weighted by Crippen LogP contribution is -2.08. The van der Waals surface area contributed by atoms with Crippen LogP contribution >= 0.6 is 0 Å². The molecule has 0 atom stereocenters. The second-order valence-electron chi connectivity index (χ2n) is 3.51. The number of hydrogen-bond donors (Lipinski definition) is 1. The highest BCUT2D eigenvalue weighted by Crippen LogP contribution is 2.14. The van der Waals surface area contributed by atoms with E-state index >= 15 is 0 Å². The van der Waals surface area contributed by atoms with Crippen molar-refractivity contribution in [2.75, 3.05) is 0 Å². The van der Waals surface area contributed by atoms with Gasteiger partial charge in [0.25, 0.3) is 0 Å². The maximum Gasteiger partial charge on any atom is 0.343 e. The minimum absolute atomic E-state index is 0.372. The van der Waals surface area contributed by atoms with Crippen LogP contribution in [0.15, 0.2) is 48.5 Å². The molecule has 2 aromatic carbocycles. The van der Waals surface area contributed by atoms with Gasteiger partial charge in [-0.3, -0.25) is 0 Å². The molecule has 3 nitrogen and oxygen atoms in total. The van der Waals surface area contributed by atoms with Crippen LogP contribution in [0.25, 0.3) is 0 Å². The molecule has 0 fully saturated rings. The molecule has 2 N–H and O–H groups in total. The van der Waals surface area contributed by atoms with E-state index in [1.54, 1.807) is 42.5 Å². The first kappa shape index (κ1) is 11.4. The van der Waals surface area contributed by atoms with Crippen LogP contribution in [0.1, 0.15) is 15.9 Å². The Balaban J connectivity index is 2.13. The molecule has 0 saturated carbocycles. The van der Waals surface area contributed by atoms with Crippen molar-refractivity contribution in [2.24, 2.45) is 5.73 Å². The first-order valence-corrected chi connectivity index (χ1v) is 5.27. The van der Waals surface area contributed by atoms with Crippen molar-refractivity contribution in [1.29, 1.82) is 0 Å². The second kappa shape index (κ2) is 5.27. The fourth-order valence-corrected chi connectivity index (χ4v) is 1.41. The monoisotopic (exact) mass is 226 g/mol. The summed E-state index contributed by atoms with van der Waals surface area (Å²) in [5, 5.41) is 0. The van der Waals surface area contributed by atoms with Crippen LogP contribution in [0.3, 0.4) is 0 Å². The van der Waals surface area contributed by atoms with Gasteiger partial charge in [-0.25, -0.2) is 4.79 Å². The zero-order chi connectivity index (χ0) is 12.1. The summed E-state index contributed by atoms with van der Waals surface area (Å²) < 4.78 is 5.23. The molecular formula is C14H12NO2. The third-order valence-corrected chi connectivity index (χ3v) is 2.27. The summed E-state index contributed by atoms with van der Waals surface area (Å²) >= 11 is 0. The van der Waals surface area contributed by atoms with E-state index in [2.05, 4.69) is 6.07 Å². The van der Waals surface area contributed by atoms with Crippen LogP contribution in [-0.2, 0) is 6.54 Å². The zero-order valence-corrected chi connectivity index (χ0v) is 9.22. The predicted octanol–water partition coefficient (Wildman–Crippen LogP) is 2.16. The van der Waals surface area contributed by atoms with Crippen molar-refractivity contribution in [3.63, 3.8) is 0 Å². The lowest BCUT2D eigenvalue weighted by atomic mass is 10.2. The maximum absolute atomic E-state index is 11.8. The van der Waals surface area contributed by atoms with Gasteiger partial charge in [0.2, 0.25) is 0 Å². The molecule has 1 radical (unpaired) electrons. The Morgan fingerprint density at radius 2 is 2.00 bits per heavy atom. The molecule has 0 heterocycles. The number of benzene rings is 2. The van der Waals surface area contributed by atoms with Crippen molar-refractivity contribution >= 4 is 5.97 Å². The van der Waals surface area contributed by atoms with Gasteiger partial charge in [-0.2, -0.15) is 0 Å². The van der Waals surface area contributed by atoms with Crippen LogP contribution < -0.4 is 10.5 Å². The standard InChI is InChI=1S/C14H12NO2/c15-10-11-5-4-8-13(9-11)17-14(16)12-6-2-1-3-7-12/h1-4,6-9H,10,15H2. The van der Waals surface area contributed by atoms with Gasteiger partial charge in [-0.15, -0.1) is 0 Å². The molecule has 0 saturated heterocycles. The molecular weight excluding hydrogens is 214 g/mol. The Hall–Kier alpha value is -2.13. The van der Waals surface area contributed by atoms with E-state index in [4.69, 9.17) is 10.5 Å². The molecule has 0 aliphatic carbocycles. The number of nitrogens with two attached hydrogens (primary N) is 1. The van der Waals surface area contributed by atoms with Gasteiger partial charge < -0.3 is 10.5 Å². The Kier molecular flexibility index (Phi) is 3.52. The van der Waals surface area contributed by atoms with E-state index < -0.39 is 0 Å². The highest BCUT2D eigenvalue weighted by molar-refractivity contribution is 5.90. The maximum atomic E-state index is 11.8. The smallest absolute Gasteiger partial charge is 0.343 e. The van der Waals surface area contributed by atoms with Crippen LogP contribution in [-0.4, -0.2) is 5.97 Å². The predicted molar refractivity (Wildman–Crippen MR) is 64.6 cm³/mol. The summed E-state index contributed by atoms with van der Waals surface area (Å²) in [4.78, 5) is 11.8. The SMILES string of the molecule is NCc1[c]ccc(OC(=O)c2ccccc2)c1. The summed E-state index contributed by atoms with van der Waals surface area (Å²) in [6, 6.07) is 16.9. The lowest BCUT2D eigenvalue weighted by Gasteiger charge is -2.05. The topological polar surface area (TPSA) is 52.3 Å². The van der Waals surface area contributed by atoms with Gasteiger partial charge in [0.1, 0.15) is 5.75 Å². The number of carbonyl (C=O) groups is 1. The molecule has 0 aromatic heterocycles. The van der Waals surface area contributed by atoms with Crippen LogP contribution in [0.5, 0.6) is 5.75 Å². The fourth-order valence-electron chi connectivity index (χ4n) is 1.41. The number of rotatable bonds is 3. The van der Waals surface area contributed by atoms with Gasteiger partial charge in [-0.05, 0) is 35.9 Å². The first-order chi connectivity index (χ1) is 8.29. The number of carbonyl (C=O) groups excluding carboxylic acids is 1. The average molecular weight is 226 g/mol. The van der Waals surface area contributed by atoms with E-state index in [1.165, 1.54) is 0 Å². The van der Waals surface area contributed by atoms with Crippen LogP contribution in [0.2, 0.25) is 0 Å². The highest BCUT2D eigenvalue weighted by atomic mass is 16.5. The molecule has 0 spiro atoms. The molecule has 0 unspecified atom stereocenters. The minimum Gasteiger partial charge on any atom is -0.423 e. The quantitative estimate of drug-likeness (QED) is 0.644. The summed E-state index contributed by atoms with van der Waals surface area (Å²) in [6.45, 7) is 0.372. The van der Waals surface area contributed by atoms with Gasteiger partial charge in [-0.1, -0.05) is 24.3 Å². The first-order valence-electron chi connectivity index (χ1n) is 5.27. The molecule has 0 aliphatic rings. The Bertz CT molecular complexity index is 509. The van der Waals surface area contributed by atoms with Crippen molar-refractivity contribution in [1.82, 2.24) is 0 Å². The Morgan fingerprint density at radius 1 is 1.24 bits per heavy atom. The second-order valence-corrected chi connectivity index (χ2v) is 3.51. The third-order valence-electron chi connectivity index (χ3n) is 2.27. The molecule has 85 valence electrons. The number of ether oxygens (including phenoxy) is 1. The molecule has 17 heavy (non-hydrogen) atoms. The van der Waals surface area contributed by atoms with Gasteiger partial charge >= 0.3 is 5.97 Å². The Labute approximate surface area is 99.8 Å². The molecule has 0 bridgehead atoms. The number of esters is 1. The van der Waals surface area contributed by atoms with Crippen molar-refractivity contribution in [3.05, 3.63) is 65.7 Å². The Morgan fingerprint density at radius 3 is 2.71 bits per heavy atom. The van der Waals surface area contributed by atoms with E-state index in [9.17, 15) is 4.79 Å². The highest BCUT2D eigenvalue weighted by Gasteiger charge is 2.07. The van der Waals surface area contributed by atoms with Gasteiger partial charge in [0.05, 0.1) is 5.56 Å². The zero-order valence-electron chi connectivity index (χ0n) is 9.22. The average Bonchev–Trinajstić information content (AvgIpc) is 2.40. The molecule has 0 amide bonds. The van der Waals surface area contributed by atoms with Gasteiger partial charge in [0, 0.05) is 6.54 Å². The molecule has 2 aromatic rings. The molecule has 3 heteroatoms. The number of hydrogen-bond acceptors (Lipinski definition) is 3. The van der Waals surface area contributed by atoms with E-state index in [-0.39, 0.29) is 5.97 Å². The van der Waals surface area contributed by atoms with E-state index in [1.807, 2.05) is 6.07 Å². The summed E-state index contributed by atoms with van der Waals surface area (Å²) in [5.41, 5.74) is 6.82. The van der Waals surface area contributed by atoms with E-state index in [0.717, 1.165) is 5.56 Å². The fraction of sp³-hybridized carbons (Fsp3) is 0.0714. The summed E-state index contributed by atoms with van der Waals surface area (Å²) in [6.07, 6.45) is 0. The normalized spacial score (nSPS) is 9.94. The van der Waals surface area contributed by atoms with Crippen molar-refractivity contribution < 1.29 is 9.53 Å². The van der Waals surface area contributed by atoms with Crippen LogP contribution in [0, 0.1) is 6.07 Å². The molecule has 0 aliphatic heterocycles. The van der Waals surface area contributed by atoms with Crippen LogP contribution in [0.4, 0.5) is 0 Å².